The van der Waals surface area contributed by atoms with Crippen molar-refractivity contribution in [3.05, 3.63) is 46.6 Å². The van der Waals surface area contributed by atoms with Crippen LogP contribution in [-0.4, -0.2) is 58.9 Å². The summed E-state index contributed by atoms with van der Waals surface area (Å²) in [5, 5.41) is 21.5. The molecule has 1 atom stereocenters. The number of hydrogen-bond acceptors (Lipinski definition) is 6. The maximum Gasteiger partial charge on any atom is 0.159 e. The molecule has 1 aromatic carbocycles. The number of H-pyrrole nitrogens is 1. The first-order valence-corrected chi connectivity index (χ1v) is 9.71. The van der Waals surface area contributed by atoms with E-state index in [1.54, 1.807) is 6.20 Å². The second kappa shape index (κ2) is 8.69. The third-order valence-electron chi connectivity index (χ3n) is 4.66. The van der Waals surface area contributed by atoms with Crippen molar-refractivity contribution in [3.8, 4) is 0 Å². The highest BCUT2D eigenvalue weighted by Crippen LogP contribution is 2.26. The fraction of sp³-hybridized carbons (Fsp3) is 0.368. The van der Waals surface area contributed by atoms with Gasteiger partial charge in [-0.05, 0) is 47.7 Å². The molecule has 7 nitrogen and oxygen atoms in total. The van der Waals surface area contributed by atoms with Crippen molar-refractivity contribution >= 4 is 38.5 Å². The van der Waals surface area contributed by atoms with Gasteiger partial charge in [0.1, 0.15) is 0 Å². The molecule has 0 saturated heterocycles. The summed E-state index contributed by atoms with van der Waals surface area (Å²) in [5.41, 5.74) is 2.56. The summed E-state index contributed by atoms with van der Waals surface area (Å²) in [4.78, 5) is 8.74. The van der Waals surface area contributed by atoms with Gasteiger partial charge in [0.15, 0.2) is 17.7 Å². The molecular weight excluding hydrogens is 408 g/mol. The second-order valence-corrected chi connectivity index (χ2v) is 7.49. The monoisotopic (exact) mass is 432 g/mol. The summed E-state index contributed by atoms with van der Waals surface area (Å²) in [6.07, 6.45) is 0.842. The van der Waals surface area contributed by atoms with Crippen LogP contribution >= 0.6 is 15.9 Å². The van der Waals surface area contributed by atoms with Gasteiger partial charge in [-0.1, -0.05) is 19.1 Å². The average Bonchev–Trinajstić information content (AvgIpc) is 3.07. The van der Waals surface area contributed by atoms with Crippen molar-refractivity contribution in [3.63, 3.8) is 0 Å². The zero-order chi connectivity index (χ0) is 19.4. The van der Waals surface area contributed by atoms with E-state index < -0.39 is 6.23 Å². The standard InChI is InChI=1S/C19H25BrN6O/c1-4-25(2)9-10-26(3)15-7-5-13(6-8-15)19(27)22-18-16-11-14(20)12-21-17(16)23-24-18/h5-8,11-12,19,27H,4,9-10H2,1-3H3,(H2,21,22,23,24). The minimum atomic E-state index is -0.860. The number of aliphatic hydroxyl groups is 1. The number of hydrogen-bond donors (Lipinski definition) is 3. The van der Waals surface area contributed by atoms with Crippen LogP contribution in [0.5, 0.6) is 0 Å². The quantitative estimate of drug-likeness (QED) is 0.474. The molecule has 2 aromatic heterocycles. The first-order chi connectivity index (χ1) is 13.0. The normalized spacial score (nSPS) is 12.5. The van der Waals surface area contributed by atoms with Crippen LogP contribution in [-0.2, 0) is 0 Å². The lowest BCUT2D eigenvalue weighted by atomic mass is 10.1. The molecule has 144 valence electrons. The molecule has 1 unspecified atom stereocenters. The average molecular weight is 433 g/mol. The maximum atomic E-state index is 10.5. The van der Waals surface area contributed by atoms with Crippen LogP contribution < -0.4 is 10.2 Å². The lowest BCUT2D eigenvalue weighted by Gasteiger charge is -2.23. The number of halogens is 1. The van der Waals surface area contributed by atoms with E-state index in [0.29, 0.717) is 11.5 Å². The van der Waals surface area contributed by atoms with Crippen molar-refractivity contribution in [2.24, 2.45) is 0 Å². The lowest BCUT2D eigenvalue weighted by Crippen LogP contribution is -2.30. The third-order valence-corrected chi connectivity index (χ3v) is 5.10. The number of rotatable bonds is 8. The number of fused-ring (bicyclic) bond motifs is 1. The Hall–Kier alpha value is -2.16. The van der Waals surface area contributed by atoms with Gasteiger partial charge in [0.25, 0.3) is 0 Å². The van der Waals surface area contributed by atoms with Crippen molar-refractivity contribution < 1.29 is 5.11 Å². The van der Waals surface area contributed by atoms with E-state index >= 15 is 0 Å². The van der Waals surface area contributed by atoms with Crippen LogP contribution in [0, 0.1) is 0 Å². The number of likely N-dealkylation sites (N-methyl/N-ethyl adjacent to an activating group) is 2. The first-order valence-electron chi connectivity index (χ1n) is 8.91. The van der Waals surface area contributed by atoms with Crippen molar-refractivity contribution in [1.29, 1.82) is 0 Å². The molecule has 2 heterocycles. The Morgan fingerprint density at radius 2 is 1.96 bits per heavy atom. The van der Waals surface area contributed by atoms with E-state index in [0.717, 1.165) is 40.7 Å². The molecule has 0 spiro atoms. The number of nitrogens with zero attached hydrogens (tertiary/aromatic N) is 4. The van der Waals surface area contributed by atoms with Gasteiger partial charge in [-0.3, -0.25) is 5.10 Å². The molecule has 0 aliphatic heterocycles. The molecule has 0 aliphatic rings. The van der Waals surface area contributed by atoms with E-state index in [9.17, 15) is 5.11 Å². The number of aromatic nitrogens is 3. The summed E-state index contributed by atoms with van der Waals surface area (Å²) in [5.74, 6) is 0.565. The highest BCUT2D eigenvalue weighted by molar-refractivity contribution is 9.10. The molecule has 27 heavy (non-hydrogen) atoms. The Bertz CT molecular complexity index is 882. The molecule has 0 amide bonds. The zero-order valence-electron chi connectivity index (χ0n) is 15.8. The molecule has 0 saturated carbocycles. The number of nitrogens with one attached hydrogen (secondary N) is 2. The van der Waals surface area contributed by atoms with E-state index in [2.05, 4.69) is 67.2 Å². The van der Waals surface area contributed by atoms with E-state index in [4.69, 9.17) is 0 Å². The van der Waals surface area contributed by atoms with Gasteiger partial charge in [-0.15, -0.1) is 0 Å². The molecular formula is C19H25BrN6O. The predicted molar refractivity (Wildman–Crippen MR) is 113 cm³/mol. The molecule has 0 aliphatic carbocycles. The fourth-order valence-corrected chi connectivity index (χ4v) is 3.05. The van der Waals surface area contributed by atoms with Crippen LogP contribution in [0.3, 0.4) is 0 Å². The summed E-state index contributed by atoms with van der Waals surface area (Å²) >= 11 is 3.41. The predicted octanol–water partition coefficient (Wildman–Crippen LogP) is 3.21. The Morgan fingerprint density at radius 1 is 1.22 bits per heavy atom. The molecule has 0 fully saturated rings. The summed E-state index contributed by atoms with van der Waals surface area (Å²) in [6, 6.07) is 9.80. The Kier molecular flexibility index (Phi) is 6.30. The summed E-state index contributed by atoms with van der Waals surface area (Å²) < 4.78 is 0.857. The number of anilines is 2. The van der Waals surface area contributed by atoms with Crippen molar-refractivity contribution in [2.45, 2.75) is 13.2 Å². The van der Waals surface area contributed by atoms with Crippen LogP contribution in [0.25, 0.3) is 11.0 Å². The van der Waals surface area contributed by atoms with E-state index in [-0.39, 0.29) is 0 Å². The molecule has 8 heteroatoms. The topological polar surface area (TPSA) is 80.3 Å². The highest BCUT2D eigenvalue weighted by Gasteiger charge is 2.13. The fourth-order valence-electron chi connectivity index (χ4n) is 2.72. The van der Waals surface area contributed by atoms with Crippen LogP contribution in [0.2, 0.25) is 0 Å². The van der Waals surface area contributed by atoms with Crippen LogP contribution in [0.4, 0.5) is 11.5 Å². The number of aromatic amines is 1. The first kappa shape index (κ1) is 19.6. The Balaban J connectivity index is 1.66. The van der Waals surface area contributed by atoms with E-state index in [1.807, 2.05) is 30.3 Å². The van der Waals surface area contributed by atoms with Gasteiger partial charge in [-0.2, -0.15) is 5.10 Å². The van der Waals surface area contributed by atoms with E-state index in [1.165, 1.54) is 0 Å². The van der Waals surface area contributed by atoms with Gasteiger partial charge in [0.2, 0.25) is 0 Å². The zero-order valence-corrected chi connectivity index (χ0v) is 17.4. The number of pyridine rings is 1. The van der Waals surface area contributed by atoms with Gasteiger partial charge in [-0.25, -0.2) is 4.98 Å². The van der Waals surface area contributed by atoms with Gasteiger partial charge in [0, 0.05) is 42.1 Å². The van der Waals surface area contributed by atoms with Crippen molar-refractivity contribution in [2.75, 3.05) is 43.9 Å². The molecule has 3 N–H and O–H groups in total. The minimum absolute atomic E-state index is 0.565. The van der Waals surface area contributed by atoms with Crippen LogP contribution in [0.15, 0.2) is 41.0 Å². The molecule has 3 rings (SSSR count). The summed E-state index contributed by atoms with van der Waals surface area (Å²) in [7, 11) is 4.19. The third kappa shape index (κ3) is 4.77. The number of aliphatic hydroxyl groups excluding tert-OH is 1. The van der Waals surface area contributed by atoms with Gasteiger partial charge >= 0.3 is 0 Å². The molecule has 3 aromatic rings. The lowest BCUT2D eigenvalue weighted by molar-refractivity contribution is 0.208. The van der Waals surface area contributed by atoms with Gasteiger partial charge in [0.05, 0.1) is 5.39 Å². The Morgan fingerprint density at radius 3 is 2.67 bits per heavy atom. The largest absolute Gasteiger partial charge is 0.373 e. The highest BCUT2D eigenvalue weighted by atomic mass is 79.9. The maximum absolute atomic E-state index is 10.5. The Labute approximate surface area is 167 Å². The SMILES string of the molecule is CCN(C)CCN(C)c1ccc(C(O)Nc2n[nH]c3ncc(Br)cc23)cc1. The number of benzene rings is 1. The van der Waals surface area contributed by atoms with Crippen LogP contribution in [0.1, 0.15) is 18.7 Å². The second-order valence-electron chi connectivity index (χ2n) is 6.58. The van der Waals surface area contributed by atoms with Crippen molar-refractivity contribution in [1.82, 2.24) is 20.1 Å². The summed E-state index contributed by atoms with van der Waals surface area (Å²) in [6.45, 7) is 5.15. The molecule has 0 bridgehead atoms. The molecule has 0 radical (unpaired) electrons. The van der Waals surface area contributed by atoms with Gasteiger partial charge < -0.3 is 20.2 Å². The minimum Gasteiger partial charge on any atom is -0.373 e. The smallest absolute Gasteiger partial charge is 0.159 e.